The summed E-state index contributed by atoms with van der Waals surface area (Å²) in [5, 5.41) is 0.638. The van der Waals surface area contributed by atoms with Gasteiger partial charge in [-0.25, -0.2) is 4.98 Å². The maximum absolute atomic E-state index is 5.94. The number of nitrogens with zero attached hydrogens (tertiary/aromatic N) is 1. The standard InChI is InChI=1S/C14H15ClN2O/c1-9-3-4-12(15)8-13(9)18-14-7-11(10(2)16)5-6-17-14/h3-8,10H,16H2,1-2H3/t10-/m0/s1. The molecule has 0 saturated carbocycles. The van der Waals surface area contributed by atoms with E-state index in [-0.39, 0.29) is 6.04 Å². The Kier molecular flexibility index (Phi) is 3.84. The van der Waals surface area contributed by atoms with E-state index in [1.165, 1.54) is 0 Å². The van der Waals surface area contributed by atoms with Gasteiger partial charge in [0.1, 0.15) is 5.75 Å². The lowest BCUT2D eigenvalue weighted by atomic mass is 10.1. The summed E-state index contributed by atoms with van der Waals surface area (Å²) >= 11 is 5.94. The van der Waals surface area contributed by atoms with Crippen molar-refractivity contribution in [1.29, 1.82) is 0 Å². The van der Waals surface area contributed by atoms with Crippen LogP contribution in [-0.4, -0.2) is 4.98 Å². The zero-order valence-corrected chi connectivity index (χ0v) is 11.1. The number of ether oxygens (including phenoxy) is 1. The fourth-order valence-electron chi connectivity index (χ4n) is 1.56. The molecule has 0 aliphatic rings. The number of aromatic nitrogens is 1. The SMILES string of the molecule is Cc1ccc(Cl)cc1Oc1cc([C@H](C)N)ccn1. The van der Waals surface area contributed by atoms with Crippen molar-refractivity contribution in [3.8, 4) is 11.6 Å². The van der Waals surface area contributed by atoms with Gasteiger partial charge in [-0.05, 0) is 43.2 Å². The van der Waals surface area contributed by atoms with E-state index in [2.05, 4.69) is 4.98 Å². The van der Waals surface area contributed by atoms with E-state index in [4.69, 9.17) is 22.1 Å². The van der Waals surface area contributed by atoms with Gasteiger partial charge in [-0.15, -0.1) is 0 Å². The lowest BCUT2D eigenvalue weighted by Crippen LogP contribution is -2.05. The van der Waals surface area contributed by atoms with Crippen LogP contribution in [0.3, 0.4) is 0 Å². The maximum Gasteiger partial charge on any atom is 0.219 e. The van der Waals surface area contributed by atoms with Crippen LogP contribution in [-0.2, 0) is 0 Å². The van der Waals surface area contributed by atoms with Gasteiger partial charge in [0.15, 0.2) is 0 Å². The monoisotopic (exact) mass is 262 g/mol. The molecule has 4 heteroatoms. The van der Waals surface area contributed by atoms with Crippen LogP contribution in [0.4, 0.5) is 0 Å². The predicted molar refractivity (Wildman–Crippen MR) is 73.1 cm³/mol. The second kappa shape index (κ2) is 5.38. The molecule has 1 heterocycles. The van der Waals surface area contributed by atoms with Crippen LogP contribution in [0.25, 0.3) is 0 Å². The van der Waals surface area contributed by atoms with Gasteiger partial charge >= 0.3 is 0 Å². The highest BCUT2D eigenvalue weighted by Gasteiger charge is 2.06. The first-order valence-corrected chi connectivity index (χ1v) is 6.09. The van der Waals surface area contributed by atoms with Gasteiger partial charge in [0, 0.05) is 23.3 Å². The van der Waals surface area contributed by atoms with Gasteiger partial charge in [-0.3, -0.25) is 0 Å². The molecule has 0 spiro atoms. The summed E-state index contributed by atoms with van der Waals surface area (Å²) in [6, 6.07) is 9.18. The lowest BCUT2D eigenvalue weighted by Gasteiger charge is -2.10. The molecule has 0 amide bonds. The van der Waals surface area contributed by atoms with E-state index in [9.17, 15) is 0 Å². The van der Waals surface area contributed by atoms with Gasteiger partial charge in [0.2, 0.25) is 5.88 Å². The quantitative estimate of drug-likeness (QED) is 0.914. The number of hydrogen-bond donors (Lipinski definition) is 1. The fourth-order valence-corrected chi connectivity index (χ4v) is 1.72. The Morgan fingerprint density at radius 2 is 2.06 bits per heavy atom. The van der Waals surface area contributed by atoms with Crippen LogP contribution in [0.5, 0.6) is 11.6 Å². The van der Waals surface area contributed by atoms with E-state index in [0.29, 0.717) is 16.7 Å². The predicted octanol–water partition coefficient (Wildman–Crippen LogP) is 3.86. The second-order valence-electron chi connectivity index (χ2n) is 4.23. The minimum Gasteiger partial charge on any atom is -0.439 e. The Labute approximate surface area is 112 Å². The molecule has 94 valence electrons. The van der Waals surface area contributed by atoms with Crippen molar-refractivity contribution in [2.45, 2.75) is 19.9 Å². The average molecular weight is 263 g/mol. The fraction of sp³-hybridized carbons (Fsp3) is 0.214. The molecule has 3 nitrogen and oxygen atoms in total. The van der Waals surface area contributed by atoms with Gasteiger partial charge in [-0.2, -0.15) is 0 Å². The number of aryl methyl sites for hydroxylation is 1. The Hall–Kier alpha value is -1.58. The number of halogens is 1. The van der Waals surface area contributed by atoms with Crippen molar-refractivity contribution in [2.24, 2.45) is 5.73 Å². The highest BCUT2D eigenvalue weighted by molar-refractivity contribution is 6.30. The summed E-state index contributed by atoms with van der Waals surface area (Å²) in [5.41, 5.74) is 7.82. The van der Waals surface area contributed by atoms with Crippen LogP contribution < -0.4 is 10.5 Å². The molecule has 0 bridgehead atoms. The van der Waals surface area contributed by atoms with E-state index in [1.807, 2.05) is 38.1 Å². The first-order chi connectivity index (χ1) is 8.56. The molecule has 18 heavy (non-hydrogen) atoms. The Morgan fingerprint density at radius 3 is 2.78 bits per heavy atom. The third kappa shape index (κ3) is 3.00. The molecule has 2 N–H and O–H groups in total. The van der Waals surface area contributed by atoms with E-state index in [0.717, 1.165) is 11.1 Å². The highest BCUT2D eigenvalue weighted by Crippen LogP contribution is 2.27. The summed E-state index contributed by atoms with van der Waals surface area (Å²) in [6.45, 7) is 3.88. The van der Waals surface area contributed by atoms with Crippen molar-refractivity contribution in [3.05, 3.63) is 52.7 Å². The van der Waals surface area contributed by atoms with Gasteiger partial charge in [0.25, 0.3) is 0 Å². The molecule has 1 aromatic heterocycles. The van der Waals surface area contributed by atoms with Crippen LogP contribution in [0.1, 0.15) is 24.1 Å². The number of pyridine rings is 1. The Morgan fingerprint density at radius 1 is 1.28 bits per heavy atom. The largest absolute Gasteiger partial charge is 0.439 e. The maximum atomic E-state index is 5.94. The Balaban J connectivity index is 2.28. The summed E-state index contributed by atoms with van der Waals surface area (Å²) in [6.07, 6.45) is 1.69. The average Bonchev–Trinajstić information content (AvgIpc) is 2.34. The molecule has 0 saturated heterocycles. The van der Waals surface area contributed by atoms with E-state index < -0.39 is 0 Å². The summed E-state index contributed by atoms with van der Waals surface area (Å²) in [4.78, 5) is 4.17. The van der Waals surface area contributed by atoms with Crippen LogP contribution >= 0.6 is 11.6 Å². The Bertz CT molecular complexity index is 555. The third-order valence-corrected chi connectivity index (χ3v) is 2.88. The molecule has 0 radical (unpaired) electrons. The van der Waals surface area contributed by atoms with Gasteiger partial charge in [0.05, 0.1) is 0 Å². The van der Waals surface area contributed by atoms with Crippen molar-refractivity contribution < 1.29 is 4.74 Å². The van der Waals surface area contributed by atoms with E-state index >= 15 is 0 Å². The molecule has 1 atom stereocenters. The van der Waals surface area contributed by atoms with Crippen LogP contribution in [0, 0.1) is 6.92 Å². The molecule has 1 aromatic carbocycles. The lowest BCUT2D eigenvalue weighted by molar-refractivity contribution is 0.458. The zero-order chi connectivity index (χ0) is 13.1. The van der Waals surface area contributed by atoms with Gasteiger partial charge in [-0.1, -0.05) is 17.7 Å². The van der Waals surface area contributed by atoms with E-state index in [1.54, 1.807) is 12.3 Å². The number of benzene rings is 1. The molecule has 0 unspecified atom stereocenters. The summed E-state index contributed by atoms with van der Waals surface area (Å²) < 4.78 is 5.73. The smallest absolute Gasteiger partial charge is 0.219 e. The normalized spacial score (nSPS) is 12.2. The third-order valence-electron chi connectivity index (χ3n) is 2.65. The van der Waals surface area contributed by atoms with Crippen LogP contribution in [0.15, 0.2) is 36.5 Å². The summed E-state index contributed by atoms with van der Waals surface area (Å²) in [5.74, 6) is 1.23. The van der Waals surface area contributed by atoms with Crippen molar-refractivity contribution >= 4 is 11.6 Å². The van der Waals surface area contributed by atoms with Crippen molar-refractivity contribution in [3.63, 3.8) is 0 Å². The number of rotatable bonds is 3. The van der Waals surface area contributed by atoms with Crippen LogP contribution in [0.2, 0.25) is 5.02 Å². The molecule has 0 fully saturated rings. The second-order valence-corrected chi connectivity index (χ2v) is 4.66. The minimum absolute atomic E-state index is 0.0455. The molecule has 2 aromatic rings. The van der Waals surface area contributed by atoms with Crippen molar-refractivity contribution in [2.75, 3.05) is 0 Å². The highest BCUT2D eigenvalue weighted by atomic mass is 35.5. The first kappa shape index (κ1) is 12.9. The summed E-state index contributed by atoms with van der Waals surface area (Å²) in [7, 11) is 0. The molecule has 0 aliphatic carbocycles. The molecule has 0 aliphatic heterocycles. The minimum atomic E-state index is -0.0455. The van der Waals surface area contributed by atoms with Crippen molar-refractivity contribution in [1.82, 2.24) is 4.98 Å². The number of hydrogen-bond acceptors (Lipinski definition) is 3. The van der Waals surface area contributed by atoms with Gasteiger partial charge < -0.3 is 10.5 Å². The number of nitrogens with two attached hydrogens (primary N) is 1. The first-order valence-electron chi connectivity index (χ1n) is 5.72. The molecule has 2 rings (SSSR count). The molecular weight excluding hydrogens is 248 g/mol. The molecular formula is C14H15ClN2O. The topological polar surface area (TPSA) is 48.1 Å². The zero-order valence-electron chi connectivity index (χ0n) is 10.4.